The van der Waals surface area contributed by atoms with Gasteiger partial charge in [0.2, 0.25) is 5.91 Å². The number of methoxy groups -OCH3 is 1. The number of anilines is 2. The Morgan fingerprint density at radius 2 is 1.90 bits per heavy atom. The van der Waals surface area contributed by atoms with Crippen molar-refractivity contribution in [3.8, 4) is 5.75 Å². The standard InChI is InChI=1S/C16H25N3O2/c1-12(2)17-15-6-5-14(11-16(15)21-4)19-9-7-18(8-10-19)13(3)20/h5-6,11-12,17H,7-10H2,1-4H3. The van der Waals surface area contributed by atoms with Gasteiger partial charge in [-0.2, -0.15) is 0 Å². The Labute approximate surface area is 126 Å². The molecule has 0 bridgehead atoms. The van der Waals surface area contributed by atoms with Gasteiger partial charge in [0.1, 0.15) is 5.75 Å². The molecule has 1 N–H and O–H groups in total. The van der Waals surface area contributed by atoms with Crippen molar-refractivity contribution in [3.05, 3.63) is 18.2 Å². The highest BCUT2D eigenvalue weighted by atomic mass is 16.5. The second-order valence-electron chi connectivity index (χ2n) is 5.68. The smallest absolute Gasteiger partial charge is 0.219 e. The summed E-state index contributed by atoms with van der Waals surface area (Å²) in [6.45, 7) is 9.13. The minimum absolute atomic E-state index is 0.156. The van der Waals surface area contributed by atoms with Crippen LogP contribution in [0.1, 0.15) is 20.8 Å². The number of carbonyl (C=O) groups is 1. The molecule has 0 aliphatic carbocycles. The van der Waals surface area contributed by atoms with Gasteiger partial charge in [0.15, 0.2) is 0 Å². The van der Waals surface area contributed by atoms with Gasteiger partial charge in [-0.25, -0.2) is 0 Å². The molecule has 0 unspecified atom stereocenters. The molecule has 0 aromatic heterocycles. The maximum atomic E-state index is 11.4. The number of amides is 1. The molecule has 5 heteroatoms. The van der Waals surface area contributed by atoms with E-state index >= 15 is 0 Å². The number of hydrogen-bond donors (Lipinski definition) is 1. The Balaban J connectivity index is 2.09. The number of hydrogen-bond acceptors (Lipinski definition) is 4. The highest BCUT2D eigenvalue weighted by molar-refractivity contribution is 5.73. The van der Waals surface area contributed by atoms with E-state index in [-0.39, 0.29) is 5.91 Å². The van der Waals surface area contributed by atoms with E-state index in [0.29, 0.717) is 6.04 Å². The topological polar surface area (TPSA) is 44.8 Å². The van der Waals surface area contributed by atoms with E-state index < -0.39 is 0 Å². The molecule has 116 valence electrons. The average Bonchev–Trinajstić information content (AvgIpc) is 2.47. The number of piperazine rings is 1. The van der Waals surface area contributed by atoms with E-state index in [1.54, 1.807) is 14.0 Å². The second-order valence-corrected chi connectivity index (χ2v) is 5.68. The van der Waals surface area contributed by atoms with E-state index in [9.17, 15) is 4.79 Å². The molecule has 0 atom stereocenters. The minimum Gasteiger partial charge on any atom is -0.495 e. The van der Waals surface area contributed by atoms with Gasteiger partial charge in [-0.15, -0.1) is 0 Å². The Bertz CT molecular complexity index is 494. The van der Waals surface area contributed by atoms with Crippen LogP contribution in [0.3, 0.4) is 0 Å². The van der Waals surface area contributed by atoms with Gasteiger partial charge in [-0.05, 0) is 26.0 Å². The largest absolute Gasteiger partial charge is 0.495 e. The molecule has 2 rings (SSSR count). The number of nitrogens with one attached hydrogen (secondary N) is 1. The van der Waals surface area contributed by atoms with Crippen LogP contribution in [0.5, 0.6) is 5.75 Å². The summed E-state index contributed by atoms with van der Waals surface area (Å²) < 4.78 is 5.48. The maximum absolute atomic E-state index is 11.4. The van der Waals surface area contributed by atoms with Crippen molar-refractivity contribution in [3.63, 3.8) is 0 Å². The molecule has 1 aromatic rings. The van der Waals surface area contributed by atoms with Crippen LogP contribution in [0.4, 0.5) is 11.4 Å². The van der Waals surface area contributed by atoms with Gasteiger partial charge in [0.05, 0.1) is 12.8 Å². The summed E-state index contributed by atoms with van der Waals surface area (Å²) in [6, 6.07) is 6.60. The van der Waals surface area contributed by atoms with Gasteiger partial charge in [-0.3, -0.25) is 4.79 Å². The molecular formula is C16H25N3O2. The number of nitrogens with zero attached hydrogens (tertiary/aromatic N) is 2. The van der Waals surface area contributed by atoms with E-state index in [1.165, 1.54) is 0 Å². The highest BCUT2D eigenvalue weighted by Crippen LogP contribution is 2.30. The number of rotatable bonds is 4. The van der Waals surface area contributed by atoms with Crippen molar-refractivity contribution in [1.29, 1.82) is 0 Å². The summed E-state index contributed by atoms with van der Waals surface area (Å²) in [4.78, 5) is 15.6. The Morgan fingerprint density at radius 3 is 2.43 bits per heavy atom. The molecule has 0 spiro atoms. The quantitative estimate of drug-likeness (QED) is 0.923. The first kappa shape index (κ1) is 15.5. The molecule has 0 saturated carbocycles. The Kier molecular flexibility index (Phi) is 4.94. The van der Waals surface area contributed by atoms with Crippen LogP contribution in [0.2, 0.25) is 0 Å². The fourth-order valence-corrected chi connectivity index (χ4v) is 2.59. The van der Waals surface area contributed by atoms with Crippen LogP contribution >= 0.6 is 0 Å². The van der Waals surface area contributed by atoms with Crippen molar-refractivity contribution >= 4 is 17.3 Å². The van der Waals surface area contributed by atoms with Crippen LogP contribution in [-0.2, 0) is 4.79 Å². The molecule has 1 fully saturated rings. The van der Waals surface area contributed by atoms with Crippen molar-refractivity contribution in [2.45, 2.75) is 26.8 Å². The van der Waals surface area contributed by atoms with E-state index in [4.69, 9.17) is 4.74 Å². The number of carbonyl (C=O) groups excluding carboxylic acids is 1. The van der Waals surface area contributed by atoms with Crippen LogP contribution in [0.25, 0.3) is 0 Å². The summed E-state index contributed by atoms with van der Waals surface area (Å²) in [5.41, 5.74) is 2.16. The maximum Gasteiger partial charge on any atom is 0.219 e. The van der Waals surface area contributed by atoms with Crippen LogP contribution in [0.15, 0.2) is 18.2 Å². The zero-order valence-electron chi connectivity index (χ0n) is 13.3. The second kappa shape index (κ2) is 6.70. The summed E-state index contributed by atoms with van der Waals surface area (Å²) in [7, 11) is 1.69. The highest BCUT2D eigenvalue weighted by Gasteiger charge is 2.19. The lowest BCUT2D eigenvalue weighted by Crippen LogP contribution is -2.48. The molecule has 0 radical (unpaired) electrons. The van der Waals surface area contributed by atoms with Crippen molar-refractivity contribution in [1.82, 2.24) is 4.90 Å². The van der Waals surface area contributed by atoms with Crippen LogP contribution in [0, 0.1) is 0 Å². The molecule has 1 aromatic carbocycles. The first-order valence-electron chi connectivity index (χ1n) is 7.46. The van der Waals surface area contributed by atoms with Gasteiger partial charge < -0.3 is 19.9 Å². The number of benzene rings is 1. The predicted octanol–water partition coefficient (Wildman–Crippen LogP) is 2.18. The molecule has 1 amide bonds. The SMILES string of the molecule is COc1cc(N2CCN(C(C)=O)CC2)ccc1NC(C)C. The van der Waals surface area contributed by atoms with Crippen LogP contribution < -0.4 is 15.0 Å². The fourth-order valence-electron chi connectivity index (χ4n) is 2.59. The molecule has 1 saturated heterocycles. The molecule has 1 aliphatic rings. The van der Waals surface area contributed by atoms with Crippen molar-refractivity contribution in [2.75, 3.05) is 43.5 Å². The fraction of sp³-hybridized carbons (Fsp3) is 0.562. The van der Waals surface area contributed by atoms with Crippen molar-refractivity contribution in [2.24, 2.45) is 0 Å². The van der Waals surface area contributed by atoms with Crippen LogP contribution in [-0.4, -0.2) is 50.1 Å². The normalized spacial score (nSPS) is 15.3. The van der Waals surface area contributed by atoms with E-state index in [2.05, 4.69) is 42.3 Å². The average molecular weight is 291 g/mol. The third-order valence-electron chi connectivity index (χ3n) is 3.72. The monoisotopic (exact) mass is 291 g/mol. The van der Waals surface area contributed by atoms with E-state index in [0.717, 1.165) is 43.3 Å². The zero-order valence-corrected chi connectivity index (χ0v) is 13.3. The predicted molar refractivity (Wildman–Crippen MR) is 86.2 cm³/mol. The zero-order chi connectivity index (χ0) is 15.4. The van der Waals surface area contributed by atoms with Gasteiger partial charge in [-0.1, -0.05) is 0 Å². The van der Waals surface area contributed by atoms with E-state index in [1.807, 2.05) is 4.90 Å². The lowest BCUT2D eigenvalue weighted by atomic mass is 10.2. The lowest BCUT2D eigenvalue weighted by molar-refractivity contribution is -0.129. The van der Waals surface area contributed by atoms with Gasteiger partial charge in [0, 0.05) is 50.9 Å². The molecule has 1 aliphatic heterocycles. The minimum atomic E-state index is 0.156. The number of ether oxygens (including phenoxy) is 1. The van der Waals surface area contributed by atoms with Crippen molar-refractivity contribution < 1.29 is 9.53 Å². The third kappa shape index (κ3) is 3.80. The summed E-state index contributed by atoms with van der Waals surface area (Å²) in [5.74, 6) is 1.01. The summed E-state index contributed by atoms with van der Waals surface area (Å²) in [5, 5.41) is 3.38. The summed E-state index contributed by atoms with van der Waals surface area (Å²) in [6.07, 6.45) is 0. The first-order valence-corrected chi connectivity index (χ1v) is 7.46. The summed E-state index contributed by atoms with van der Waals surface area (Å²) >= 11 is 0. The molecular weight excluding hydrogens is 266 g/mol. The third-order valence-corrected chi connectivity index (χ3v) is 3.72. The Morgan fingerprint density at radius 1 is 1.24 bits per heavy atom. The van der Waals surface area contributed by atoms with Gasteiger partial charge in [0.25, 0.3) is 0 Å². The lowest BCUT2D eigenvalue weighted by Gasteiger charge is -2.35. The molecule has 21 heavy (non-hydrogen) atoms. The molecule has 5 nitrogen and oxygen atoms in total. The molecule has 1 heterocycles. The Hall–Kier alpha value is -1.91. The van der Waals surface area contributed by atoms with Gasteiger partial charge >= 0.3 is 0 Å². The first-order chi connectivity index (χ1) is 10.0.